The van der Waals surface area contributed by atoms with Crippen LogP contribution in [0.1, 0.15) is 10.4 Å². The third-order valence-corrected chi connectivity index (χ3v) is 2.37. The molecule has 0 atom stereocenters. The molecule has 5 heteroatoms. The lowest BCUT2D eigenvalue weighted by Gasteiger charge is -2.07. The number of ether oxygens (including phenoxy) is 1. The van der Waals surface area contributed by atoms with Crippen LogP contribution in [0, 0.1) is 6.57 Å². The minimum Gasteiger partial charge on any atom is -0.496 e. The van der Waals surface area contributed by atoms with Crippen LogP contribution in [0.15, 0.2) is 12.1 Å². The Morgan fingerprint density at radius 1 is 1.50 bits per heavy atom. The molecule has 3 nitrogen and oxygen atoms in total. The predicted molar refractivity (Wildman–Crippen MR) is 53.9 cm³/mol. The Bertz CT molecular complexity index is 424. The Morgan fingerprint density at radius 3 is 2.64 bits per heavy atom. The summed E-state index contributed by atoms with van der Waals surface area (Å²) >= 11 is 11.5. The Hall–Kier alpha value is -1.24. The summed E-state index contributed by atoms with van der Waals surface area (Å²) < 4.78 is 4.90. The number of nitrogens with zero attached hydrogens (tertiary/aromatic N) is 1. The van der Waals surface area contributed by atoms with Crippen molar-refractivity contribution >= 4 is 29.1 Å². The van der Waals surface area contributed by atoms with E-state index in [1.165, 1.54) is 19.2 Å². The smallest absolute Gasteiger partial charge is 0.389 e. The average molecular weight is 230 g/mol. The molecule has 14 heavy (non-hydrogen) atoms. The number of methoxy groups -OCH3 is 1. The summed E-state index contributed by atoms with van der Waals surface area (Å²) in [5, 5.41) is 0.425. The first-order valence-electron chi connectivity index (χ1n) is 3.55. The Labute approximate surface area is 91.0 Å². The number of hydrogen-bond donors (Lipinski definition) is 0. The highest BCUT2D eigenvalue weighted by Gasteiger charge is 2.16. The molecule has 1 amide bonds. The van der Waals surface area contributed by atoms with Crippen molar-refractivity contribution in [2.24, 2.45) is 0 Å². The van der Waals surface area contributed by atoms with Gasteiger partial charge in [0.05, 0.1) is 24.3 Å². The van der Waals surface area contributed by atoms with Gasteiger partial charge in [-0.05, 0) is 6.07 Å². The van der Waals surface area contributed by atoms with E-state index in [0.717, 1.165) is 0 Å². The standard InChI is InChI=1S/C9H5Cl2NO2/c1-12-9(13)5-3-4-6(10)7(11)8(5)14-2/h3-4H,2H3. The molecule has 0 saturated carbocycles. The molecule has 0 fully saturated rings. The fraction of sp³-hybridized carbons (Fsp3) is 0.111. The Morgan fingerprint density at radius 2 is 2.14 bits per heavy atom. The van der Waals surface area contributed by atoms with Crippen molar-refractivity contribution in [3.63, 3.8) is 0 Å². The van der Waals surface area contributed by atoms with Crippen LogP contribution in [-0.2, 0) is 0 Å². The highest BCUT2D eigenvalue weighted by Crippen LogP contribution is 2.35. The molecule has 0 bridgehead atoms. The molecule has 1 aromatic carbocycles. The summed E-state index contributed by atoms with van der Waals surface area (Å²) in [6.07, 6.45) is 0. The van der Waals surface area contributed by atoms with Gasteiger partial charge in [-0.3, -0.25) is 0 Å². The van der Waals surface area contributed by atoms with Crippen molar-refractivity contribution in [3.8, 4) is 5.75 Å². The molecule has 1 aromatic rings. The zero-order valence-electron chi connectivity index (χ0n) is 7.17. The van der Waals surface area contributed by atoms with Crippen LogP contribution >= 0.6 is 23.2 Å². The molecule has 0 aromatic heterocycles. The molecular formula is C9H5Cl2NO2. The molecule has 0 heterocycles. The minimum absolute atomic E-state index is 0.122. The monoisotopic (exact) mass is 229 g/mol. The van der Waals surface area contributed by atoms with E-state index in [4.69, 9.17) is 34.5 Å². The lowest BCUT2D eigenvalue weighted by atomic mass is 10.2. The maximum atomic E-state index is 11.1. The largest absolute Gasteiger partial charge is 0.496 e. The van der Waals surface area contributed by atoms with Crippen LogP contribution in [-0.4, -0.2) is 13.0 Å². The maximum absolute atomic E-state index is 11.1. The van der Waals surface area contributed by atoms with Gasteiger partial charge in [-0.1, -0.05) is 29.3 Å². The number of rotatable bonds is 2. The second kappa shape index (κ2) is 4.32. The van der Waals surface area contributed by atoms with Gasteiger partial charge in [0, 0.05) is 0 Å². The van der Waals surface area contributed by atoms with Crippen LogP contribution in [0.2, 0.25) is 10.0 Å². The van der Waals surface area contributed by atoms with E-state index < -0.39 is 5.91 Å². The normalized spacial score (nSPS) is 9.29. The van der Waals surface area contributed by atoms with Crippen molar-refractivity contribution < 1.29 is 9.53 Å². The summed E-state index contributed by atoms with van der Waals surface area (Å²) in [6, 6.07) is 2.86. The number of carbonyl (C=O) groups excluding carboxylic acids is 1. The van der Waals surface area contributed by atoms with Crippen LogP contribution in [0.4, 0.5) is 0 Å². The summed E-state index contributed by atoms with van der Waals surface area (Å²) in [6.45, 7) is 6.59. The van der Waals surface area contributed by atoms with Crippen molar-refractivity contribution in [3.05, 3.63) is 39.2 Å². The molecule has 0 aliphatic heterocycles. The van der Waals surface area contributed by atoms with E-state index in [1.807, 2.05) is 0 Å². The molecule has 0 spiro atoms. The van der Waals surface area contributed by atoms with Gasteiger partial charge < -0.3 is 9.53 Å². The van der Waals surface area contributed by atoms with Gasteiger partial charge in [0.15, 0.2) is 0 Å². The Balaban J connectivity index is 3.40. The van der Waals surface area contributed by atoms with E-state index in [1.54, 1.807) is 0 Å². The van der Waals surface area contributed by atoms with Gasteiger partial charge in [0.25, 0.3) is 0 Å². The van der Waals surface area contributed by atoms with Crippen molar-refractivity contribution in [2.45, 2.75) is 0 Å². The van der Waals surface area contributed by atoms with Gasteiger partial charge in [-0.2, -0.15) is 4.85 Å². The first-order valence-corrected chi connectivity index (χ1v) is 4.31. The van der Waals surface area contributed by atoms with Crippen LogP contribution in [0.3, 0.4) is 0 Å². The molecule has 0 N–H and O–H groups in total. The van der Waals surface area contributed by atoms with Crippen molar-refractivity contribution in [1.82, 2.24) is 0 Å². The molecule has 0 saturated heterocycles. The average Bonchev–Trinajstić information content (AvgIpc) is 2.20. The zero-order valence-corrected chi connectivity index (χ0v) is 8.69. The second-order valence-corrected chi connectivity index (χ2v) is 3.14. The highest BCUT2D eigenvalue weighted by atomic mass is 35.5. The van der Waals surface area contributed by atoms with Gasteiger partial charge in [0.2, 0.25) is 0 Å². The van der Waals surface area contributed by atoms with E-state index in [0.29, 0.717) is 0 Å². The first-order chi connectivity index (χ1) is 6.61. The van der Waals surface area contributed by atoms with E-state index in [9.17, 15) is 4.79 Å². The molecular weight excluding hydrogens is 225 g/mol. The molecule has 0 unspecified atom stereocenters. The summed E-state index contributed by atoms with van der Waals surface area (Å²) in [5.74, 6) is -0.583. The zero-order chi connectivity index (χ0) is 10.7. The quantitative estimate of drug-likeness (QED) is 0.731. The second-order valence-electron chi connectivity index (χ2n) is 2.36. The fourth-order valence-electron chi connectivity index (χ4n) is 0.960. The van der Waals surface area contributed by atoms with Crippen LogP contribution < -0.4 is 4.74 Å². The lowest BCUT2D eigenvalue weighted by Crippen LogP contribution is -1.98. The van der Waals surface area contributed by atoms with Crippen LogP contribution in [0.25, 0.3) is 4.85 Å². The van der Waals surface area contributed by atoms with Gasteiger partial charge in [-0.15, -0.1) is 0 Å². The number of benzene rings is 1. The SMILES string of the molecule is [C-]#[N+]C(=O)c1ccc(Cl)c(Cl)c1OC. The number of halogens is 2. The first kappa shape index (κ1) is 10.8. The molecule has 72 valence electrons. The van der Waals surface area contributed by atoms with Gasteiger partial charge in [0.1, 0.15) is 10.8 Å². The molecule has 0 aliphatic rings. The predicted octanol–water partition coefficient (Wildman–Crippen LogP) is 3.06. The fourth-order valence-corrected chi connectivity index (χ4v) is 1.35. The van der Waals surface area contributed by atoms with E-state index in [2.05, 4.69) is 4.85 Å². The molecule has 1 rings (SSSR count). The topological polar surface area (TPSA) is 30.7 Å². The van der Waals surface area contributed by atoms with Crippen LogP contribution in [0.5, 0.6) is 5.75 Å². The summed E-state index contributed by atoms with van der Waals surface area (Å²) in [7, 11) is 1.36. The molecule has 0 aliphatic carbocycles. The van der Waals surface area contributed by atoms with Gasteiger partial charge >= 0.3 is 5.91 Å². The van der Waals surface area contributed by atoms with Crippen molar-refractivity contribution in [1.29, 1.82) is 0 Å². The number of amides is 1. The van der Waals surface area contributed by atoms with Crippen molar-refractivity contribution in [2.75, 3.05) is 7.11 Å². The molecule has 0 radical (unpaired) electrons. The summed E-state index contributed by atoms with van der Waals surface area (Å²) in [4.78, 5) is 13.9. The Kier molecular flexibility index (Phi) is 3.34. The maximum Gasteiger partial charge on any atom is 0.389 e. The number of carbonyl (C=O) groups is 1. The summed E-state index contributed by atoms with van der Waals surface area (Å²) in [5.41, 5.74) is 0.122. The van der Waals surface area contributed by atoms with Gasteiger partial charge in [-0.25, -0.2) is 0 Å². The number of hydrogen-bond acceptors (Lipinski definition) is 2. The lowest BCUT2D eigenvalue weighted by molar-refractivity contribution is 0.104. The highest BCUT2D eigenvalue weighted by molar-refractivity contribution is 6.43. The van der Waals surface area contributed by atoms with E-state index >= 15 is 0 Å². The minimum atomic E-state index is -0.722. The third kappa shape index (κ3) is 1.82. The third-order valence-electron chi connectivity index (χ3n) is 1.59. The van der Waals surface area contributed by atoms with E-state index in [-0.39, 0.29) is 21.4 Å².